The highest BCUT2D eigenvalue weighted by molar-refractivity contribution is 5.96. The molecule has 1 nitrogen and oxygen atoms in total. The van der Waals surface area contributed by atoms with Crippen LogP contribution in [0.2, 0.25) is 0 Å². The molecule has 0 spiro atoms. The van der Waals surface area contributed by atoms with Crippen LogP contribution in [-0.2, 0) is 0 Å². The summed E-state index contributed by atoms with van der Waals surface area (Å²) in [5.41, 5.74) is 1.65. The zero-order chi connectivity index (χ0) is 9.40. The van der Waals surface area contributed by atoms with Gasteiger partial charge in [0.1, 0.15) is 0 Å². The van der Waals surface area contributed by atoms with E-state index in [1.165, 1.54) is 25.7 Å². The molecule has 0 aliphatic rings. The minimum Gasteiger partial charge on any atom is -0.305 e. The highest BCUT2D eigenvalue weighted by Gasteiger charge is 1.96. The van der Waals surface area contributed by atoms with Crippen LogP contribution >= 0.6 is 0 Å². The second-order valence-electron chi connectivity index (χ2n) is 3.42. The van der Waals surface area contributed by atoms with E-state index >= 15 is 0 Å². The van der Waals surface area contributed by atoms with Crippen LogP contribution < -0.4 is 0 Å². The van der Waals surface area contributed by atoms with Gasteiger partial charge in [-0.15, -0.1) is 0 Å². The molecule has 0 unspecified atom stereocenters. The lowest BCUT2D eigenvalue weighted by Crippen LogP contribution is -1.96. The molecule has 1 heteroatoms. The summed E-state index contributed by atoms with van der Waals surface area (Å²) in [7, 11) is 0. The molecule has 0 heterocycles. The Morgan fingerprint density at radius 2 is 1.75 bits per heavy atom. The van der Waals surface area contributed by atoms with E-state index in [1.54, 1.807) is 0 Å². The van der Waals surface area contributed by atoms with Crippen LogP contribution in [0.25, 0.3) is 0 Å². The molecule has 0 aliphatic carbocycles. The smallest absolute Gasteiger partial charge is 0.0337 e. The standard InChI is InChI=1S/C11H21N/c1-4-5-6-7-8-9-11(12)10(2)3/h12H,2,4-9H2,1,3H3. The third-order valence-electron chi connectivity index (χ3n) is 2.05. The van der Waals surface area contributed by atoms with Gasteiger partial charge in [0, 0.05) is 5.71 Å². The fraction of sp³-hybridized carbons (Fsp3) is 0.727. The SMILES string of the molecule is C=C(C)C(=N)CCCCCCC. The highest BCUT2D eigenvalue weighted by Crippen LogP contribution is 2.07. The summed E-state index contributed by atoms with van der Waals surface area (Å²) in [6.07, 6.45) is 7.28. The maximum Gasteiger partial charge on any atom is 0.0337 e. The van der Waals surface area contributed by atoms with Gasteiger partial charge in [0.15, 0.2) is 0 Å². The molecule has 0 radical (unpaired) electrons. The highest BCUT2D eigenvalue weighted by atomic mass is 14.4. The maximum atomic E-state index is 7.52. The molecular formula is C11H21N. The van der Waals surface area contributed by atoms with E-state index in [-0.39, 0.29) is 0 Å². The van der Waals surface area contributed by atoms with Crippen LogP contribution in [0, 0.1) is 5.41 Å². The second kappa shape index (κ2) is 7.08. The fourth-order valence-corrected chi connectivity index (χ4v) is 1.12. The van der Waals surface area contributed by atoms with Gasteiger partial charge in [-0.2, -0.15) is 0 Å². The second-order valence-corrected chi connectivity index (χ2v) is 3.42. The zero-order valence-corrected chi connectivity index (χ0v) is 8.45. The van der Waals surface area contributed by atoms with Gasteiger partial charge in [-0.05, 0) is 25.3 Å². The van der Waals surface area contributed by atoms with E-state index in [9.17, 15) is 0 Å². The van der Waals surface area contributed by atoms with Crippen LogP contribution in [0.5, 0.6) is 0 Å². The Labute approximate surface area is 76.4 Å². The van der Waals surface area contributed by atoms with E-state index in [4.69, 9.17) is 5.41 Å². The molecule has 0 amide bonds. The number of hydrogen-bond donors (Lipinski definition) is 1. The molecule has 0 fully saturated rings. The minimum atomic E-state index is 0.728. The first-order valence-electron chi connectivity index (χ1n) is 4.91. The van der Waals surface area contributed by atoms with E-state index in [1.807, 2.05) is 6.92 Å². The Morgan fingerprint density at radius 3 is 2.25 bits per heavy atom. The summed E-state index contributed by atoms with van der Waals surface area (Å²) in [6, 6.07) is 0. The number of hydrogen-bond acceptors (Lipinski definition) is 1. The monoisotopic (exact) mass is 167 g/mol. The lowest BCUT2D eigenvalue weighted by molar-refractivity contribution is 0.643. The molecule has 0 bridgehead atoms. The lowest BCUT2D eigenvalue weighted by atomic mass is 10.1. The molecule has 0 aromatic rings. The molecule has 0 rings (SSSR count). The summed E-state index contributed by atoms with van der Waals surface area (Å²) >= 11 is 0. The molecule has 12 heavy (non-hydrogen) atoms. The van der Waals surface area contributed by atoms with Gasteiger partial charge in [0.05, 0.1) is 0 Å². The first-order valence-corrected chi connectivity index (χ1v) is 4.91. The summed E-state index contributed by atoms with van der Waals surface area (Å²) < 4.78 is 0. The molecule has 70 valence electrons. The van der Waals surface area contributed by atoms with Crippen molar-refractivity contribution in [3.05, 3.63) is 12.2 Å². The number of unbranched alkanes of at least 4 members (excludes halogenated alkanes) is 4. The average molecular weight is 167 g/mol. The van der Waals surface area contributed by atoms with Crippen LogP contribution in [0.1, 0.15) is 52.4 Å². The molecule has 0 saturated heterocycles. The van der Waals surface area contributed by atoms with Gasteiger partial charge >= 0.3 is 0 Å². The van der Waals surface area contributed by atoms with Gasteiger partial charge in [-0.3, -0.25) is 0 Å². The van der Waals surface area contributed by atoms with Crippen molar-refractivity contribution in [2.24, 2.45) is 0 Å². The van der Waals surface area contributed by atoms with Gasteiger partial charge < -0.3 is 5.41 Å². The van der Waals surface area contributed by atoms with Crippen LogP contribution in [0.3, 0.4) is 0 Å². The van der Waals surface area contributed by atoms with E-state index in [2.05, 4.69) is 13.5 Å². The predicted molar refractivity (Wildman–Crippen MR) is 55.9 cm³/mol. The van der Waals surface area contributed by atoms with Crippen LogP contribution in [-0.4, -0.2) is 5.71 Å². The average Bonchev–Trinajstić information content (AvgIpc) is 2.03. The number of rotatable bonds is 7. The topological polar surface area (TPSA) is 23.9 Å². The summed E-state index contributed by atoms with van der Waals surface area (Å²) in [6.45, 7) is 7.87. The van der Waals surface area contributed by atoms with Crippen molar-refractivity contribution in [2.45, 2.75) is 52.4 Å². The number of nitrogens with one attached hydrogen (secondary N) is 1. The fourth-order valence-electron chi connectivity index (χ4n) is 1.12. The molecule has 0 aliphatic heterocycles. The van der Waals surface area contributed by atoms with Gasteiger partial charge in [-0.1, -0.05) is 39.2 Å². The van der Waals surface area contributed by atoms with Crippen molar-refractivity contribution in [3.63, 3.8) is 0 Å². The molecular weight excluding hydrogens is 146 g/mol. The van der Waals surface area contributed by atoms with E-state index in [0.29, 0.717) is 0 Å². The Bertz CT molecular complexity index is 147. The van der Waals surface area contributed by atoms with Crippen molar-refractivity contribution < 1.29 is 0 Å². The minimum absolute atomic E-state index is 0.728. The number of allylic oxidation sites excluding steroid dienone is 1. The lowest BCUT2D eigenvalue weighted by Gasteiger charge is -2.02. The Kier molecular flexibility index (Phi) is 6.73. The molecule has 0 atom stereocenters. The molecule has 1 N–H and O–H groups in total. The van der Waals surface area contributed by atoms with Gasteiger partial charge in [-0.25, -0.2) is 0 Å². The third-order valence-corrected chi connectivity index (χ3v) is 2.05. The molecule has 0 aromatic carbocycles. The van der Waals surface area contributed by atoms with Gasteiger partial charge in [0.25, 0.3) is 0 Å². The van der Waals surface area contributed by atoms with E-state index < -0.39 is 0 Å². The van der Waals surface area contributed by atoms with Gasteiger partial charge in [0.2, 0.25) is 0 Å². The summed E-state index contributed by atoms with van der Waals surface area (Å²) in [5.74, 6) is 0. The normalized spacial score (nSPS) is 9.83. The van der Waals surface area contributed by atoms with Crippen molar-refractivity contribution in [1.29, 1.82) is 5.41 Å². The Morgan fingerprint density at radius 1 is 1.17 bits per heavy atom. The predicted octanol–water partition coefficient (Wildman–Crippen LogP) is 3.94. The third kappa shape index (κ3) is 6.14. The van der Waals surface area contributed by atoms with Crippen molar-refractivity contribution in [2.75, 3.05) is 0 Å². The summed E-state index contributed by atoms with van der Waals surface area (Å²) in [5, 5.41) is 7.52. The molecule has 0 aromatic heterocycles. The Hall–Kier alpha value is -0.590. The first-order chi connectivity index (χ1) is 5.68. The zero-order valence-electron chi connectivity index (χ0n) is 8.45. The largest absolute Gasteiger partial charge is 0.305 e. The first kappa shape index (κ1) is 11.4. The van der Waals surface area contributed by atoms with Crippen molar-refractivity contribution >= 4 is 5.71 Å². The van der Waals surface area contributed by atoms with Crippen molar-refractivity contribution in [1.82, 2.24) is 0 Å². The van der Waals surface area contributed by atoms with E-state index in [0.717, 1.165) is 24.1 Å². The van der Waals surface area contributed by atoms with Crippen molar-refractivity contribution in [3.8, 4) is 0 Å². The van der Waals surface area contributed by atoms with Crippen LogP contribution in [0.4, 0.5) is 0 Å². The van der Waals surface area contributed by atoms with Crippen LogP contribution in [0.15, 0.2) is 12.2 Å². The summed E-state index contributed by atoms with van der Waals surface area (Å²) in [4.78, 5) is 0. The molecule has 0 saturated carbocycles. The Balaban J connectivity index is 3.20. The maximum absolute atomic E-state index is 7.52. The quantitative estimate of drug-likeness (QED) is 0.438.